The minimum absolute atomic E-state index is 0.0182. The molecule has 2 N–H and O–H groups in total. The van der Waals surface area contributed by atoms with Crippen molar-refractivity contribution >= 4 is 22.5 Å². The summed E-state index contributed by atoms with van der Waals surface area (Å²) in [6.07, 6.45) is -2.09. The van der Waals surface area contributed by atoms with Crippen LogP contribution in [-0.2, 0) is 18.6 Å². The Morgan fingerprint density at radius 3 is 2.50 bits per heavy atom. The van der Waals surface area contributed by atoms with Crippen molar-refractivity contribution in [3.05, 3.63) is 48.1 Å². The Balaban J connectivity index is 1.38. The number of hydrogen-bond acceptors (Lipinski definition) is 7. The van der Waals surface area contributed by atoms with Crippen LogP contribution in [-0.4, -0.2) is 72.3 Å². The highest BCUT2D eigenvalue weighted by Crippen LogP contribution is 2.35. The molecule has 1 fully saturated rings. The summed E-state index contributed by atoms with van der Waals surface area (Å²) < 4.78 is 64.5. The molecule has 1 amide bonds. The quantitative estimate of drug-likeness (QED) is 0.254. The summed E-state index contributed by atoms with van der Waals surface area (Å²) >= 11 is 0. The van der Waals surface area contributed by atoms with Gasteiger partial charge in [0.05, 0.1) is 41.1 Å². The maximum atomic E-state index is 15.3. The van der Waals surface area contributed by atoms with Crippen LogP contribution in [0.1, 0.15) is 64.2 Å². The minimum Gasteiger partial charge on any atom is -0.379 e. The van der Waals surface area contributed by atoms with Crippen LogP contribution in [0.4, 0.5) is 23.2 Å². The van der Waals surface area contributed by atoms with E-state index in [0.29, 0.717) is 35.1 Å². The Labute approximate surface area is 252 Å². The molecule has 14 heteroatoms. The summed E-state index contributed by atoms with van der Waals surface area (Å²) in [7, 11) is 0. The van der Waals surface area contributed by atoms with E-state index in [2.05, 4.69) is 30.8 Å². The number of hydrogen-bond donors (Lipinski definition) is 2. The standard InChI is InChI=1S/C30H38F4N8O2/c1-28(2,3)40-11-10-22(20(31)16-40)37-21-8-7-9-23-19(21)12-24(41(23)17-30(32,33)34)26-38-25(44-39-26)14-35-27(43)18-13-36-42(15-18)29(4,5)6/h7-9,12-13,15,20,22,37H,10-11,14,16-17H2,1-6H3,(H,35,43)/t20-,22-/m0/s1. The van der Waals surface area contributed by atoms with Crippen LogP contribution < -0.4 is 10.6 Å². The molecule has 0 saturated carbocycles. The van der Waals surface area contributed by atoms with E-state index in [1.54, 1.807) is 35.1 Å². The molecular weight excluding hydrogens is 580 g/mol. The number of carbonyl (C=O) groups excluding carboxylic acids is 1. The van der Waals surface area contributed by atoms with E-state index in [0.717, 1.165) is 4.57 Å². The predicted molar refractivity (Wildman–Crippen MR) is 158 cm³/mol. The molecule has 1 saturated heterocycles. The number of fused-ring (bicyclic) bond motifs is 1. The van der Waals surface area contributed by atoms with Crippen molar-refractivity contribution in [2.24, 2.45) is 0 Å². The van der Waals surface area contributed by atoms with Crippen LogP contribution >= 0.6 is 0 Å². The molecule has 44 heavy (non-hydrogen) atoms. The van der Waals surface area contributed by atoms with E-state index in [9.17, 15) is 18.0 Å². The highest BCUT2D eigenvalue weighted by Gasteiger charge is 2.35. The maximum absolute atomic E-state index is 15.3. The van der Waals surface area contributed by atoms with Crippen molar-refractivity contribution in [1.29, 1.82) is 0 Å². The lowest BCUT2D eigenvalue weighted by Crippen LogP contribution is -2.54. The number of rotatable bonds is 7. The Bertz CT molecular complexity index is 1630. The monoisotopic (exact) mass is 618 g/mol. The van der Waals surface area contributed by atoms with Gasteiger partial charge in [0.25, 0.3) is 5.91 Å². The number of benzene rings is 1. The van der Waals surface area contributed by atoms with E-state index in [4.69, 9.17) is 4.52 Å². The molecule has 10 nitrogen and oxygen atoms in total. The highest BCUT2D eigenvalue weighted by atomic mass is 19.4. The van der Waals surface area contributed by atoms with Gasteiger partial charge >= 0.3 is 6.18 Å². The number of carbonyl (C=O) groups is 1. The molecule has 1 aliphatic rings. The Morgan fingerprint density at radius 2 is 1.86 bits per heavy atom. The molecule has 2 atom stereocenters. The van der Waals surface area contributed by atoms with Crippen molar-refractivity contribution in [2.75, 3.05) is 18.4 Å². The normalized spacial score (nSPS) is 18.6. The van der Waals surface area contributed by atoms with E-state index in [-0.39, 0.29) is 41.6 Å². The van der Waals surface area contributed by atoms with Crippen LogP contribution in [0.2, 0.25) is 0 Å². The summed E-state index contributed by atoms with van der Waals surface area (Å²) in [6, 6.07) is 5.99. The fraction of sp³-hybridized carbons (Fsp3) is 0.533. The van der Waals surface area contributed by atoms with Crippen molar-refractivity contribution < 1.29 is 26.9 Å². The topological polar surface area (TPSA) is 106 Å². The maximum Gasteiger partial charge on any atom is 0.406 e. The van der Waals surface area contributed by atoms with Gasteiger partial charge in [0.1, 0.15) is 12.7 Å². The van der Waals surface area contributed by atoms with Crippen molar-refractivity contribution in [3.8, 4) is 11.5 Å². The first-order valence-electron chi connectivity index (χ1n) is 14.5. The molecule has 238 valence electrons. The number of nitrogens with zero attached hydrogens (tertiary/aromatic N) is 6. The summed E-state index contributed by atoms with van der Waals surface area (Å²) in [4.78, 5) is 19.0. The lowest BCUT2D eigenvalue weighted by Gasteiger charge is -2.42. The average molecular weight is 619 g/mol. The fourth-order valence-electron chi connectivity index (χ4n) is 5.32. The summed E-state index contributed by atoms with van der Waals surface area (Å²) in [5, 5.41) is 14.5. The van der Waals surface area contributed by atoms with Crippen LogP contribution in [0.15, 0.2) is 41.2 Å². The molecule has 0 unspecified atom stereocenters. The molecule has 0 radical (unpaired) electrons. The van der Waals surface area contributed by atoms with Crippen molar-refractivity contribution in [2.45, 2.75) is 90.5 Å². The van der Waals surface area contributed by atoms with Gasteiger partial charge in [-0.05, 0) is 66.2 Å². The number of nitrogens with one attached hydrogen (secondary N) is 2. The predicted octanol–water partition coefficient (Wildman–Crippen LogP) is 5.76. The second-order valence-corrected chi connectivity index (χ2v) is 13.2. The third kappa shape index (κ3) is 6.90. The summed E-state index contributed by atoms with van der Waals surface area (Å²) in [5.74, 6) is -0.464. The molecule has 4 aromatic rings. The van der Waals surface area contributed by atoms with Gasteiger partial charge in [-0.1, -0.05) is 11.2 Å². The van der Waals surface area contributed by atoms with Crippen LogP contribution in [0, 0.1) is 0 Å². The van der Waals surface area contributed by atoms with Gasteiger partial charge in [0, 0.05) is 35.9 Å². The van der Waals surface area contributed by atoms with Gasteiger partial charge in [-0.15, -0.1) is 0 Å². The Morgan fingerprint density at radius 1 is 1.11 bits per heavy atom. The van der Waals surface area contributed by atoms with E-state index in [1.807, 2.05) is 41.5 Å². The van der Waals surface area contributed by atoms with Gasteiger partial charge in [0.2, 0.25) is 11.7 Å². The molecule has 4 heterocycles. The van der Waals surface area contributed by atoms with Crippen LogP contribution in [0.5, 0.6) is 0 Å². The second-order valence-electron chi connectivity index (χ2n) is 13.2. The van der Waals surface area contributed by atoms with Crippen molar-refractivity contribution in [1.82, 2.24) is 34.7 Å². The number of piperidine rings is 1. The number of amides is 1. The summed E-state index contributed by atoms with van der Waals surface area (Å²) in [6.45, 7) is 11.5. The lowest BCUT2D eigenvalue weighted by atomic mass is 9.96. The number of alkyl halides is 4. The molecular formula is C30H38F4N8O2. The molecule has 0 aliphatic carbocycles. The second kappa shape index (κ2) is 11.5. The van der Waals surface area contributed by atoms with E-state index in [1.165, 1.54) is 6.20 Å². The zero-order valence-corrected chi connectivity index (χ0v) is 25.7. The van der Waals surface area contributed by atoms with Gasteiger partial charge in [-0.2, -0.15) is 23.3 Å². The Kier molecular flexibility index (Phi) is 8.25. The molecule has 3 aromatic heterocycles. The fourth-order valence-corrected chi connectivity index (χ4v) is 5.32. The lowest BCUT2D eigenvalue weighted by molar-refractivity contribution is -0.139. The average Bonchev–Trinajstić information content (AvgIpc) is 3.66. The molecule has 1 aromatic carbocycles. The largest absolute Gasteiger partial charge is 0.406 e. The molecule has 0 bridgehead atoms. The number of anilines is 1. The number of likely N-dealkylation sites (tertiary alicyclic amines) is 1. The SMILES string of the molecule is CC(C)(C)N1CC[C@H](Nc2cccc3c2cc(-c2noc(CNC(=O)c4cnn(C(C)(C)C)c4)n2)n3CC(F)(F)F)[C@@H](F)C1. The van der Waals surface area contributed by atoms with Crippen molar-refractivity contribution in [3.63, 3.8) is 0 Å². The van der Waals surface area contributed by atoms with Crippen LogP contribution in [0.25, 0.3) is 22.4 Å². The van der Waals surface area contributed by atoms with Gasteiger partial charge in [-0.25, -0.2) is 4.39 Å². The smallest absolute Gasteiger partial charge is 0.379 e. The first kappa shape index (κ1) is 31.5. The summed E-state index contributed by atoms with van der Waals surface area (Å²) in [5.41, 5.74) is 0.764. The minimum atomic E-state index is -4.54. The van der Waals surface area contributed by atoms with Gasteiger partial charge < -0.3 is 19.7 Å². The molecule has 5 rings (SSSR count). The first-order chi connectivity index (χ1) is 20.5. The third-order valence-corrected chi connectivity index (χ3v) is 7.74. The van der Waals surface area contributed by atoms with E-state index >= 15 is 4.39 Å². The van der Waals surface area contributed by atoms with Gasteiger partial charge in [0.15, 0.2) is 0 Å². The third-order valence-electron chi connectivity index (χ3n) is 7.74. The Hall–Kier alpha value is -3.94. The molecule has 0 spiro atoms. The van der Waals surface area contributed by atoms with Crippen LogP contribution in [0.3, 0.4) is 0 Å². The molecule has 1 aliphatic heterocycles. The van der Waals surface area contributed by atoms with E-state index < -0.39 is 30.8 Å². The first-order valence-corrected chi connectivity index (χ1v) is 14.5. The number of halogens is 4. The van der Waals surface area contributed by atoms with Gasteiger partial charge in [-0.3, -0.25) is 14.4 Å². The zero-order chi connectivity index (χ0) is 32.0. The zero-order valence-electron chi connectivity index (χ0n) is 25.7. The number of aromatic nitrogens is 5. The highest BCUT2D eigenvalue weighted by molar-refractivity contribution is 5.96.